The maximum Gasteiger partial charge on any atom is 0.255 e. The van der Waals surface area contributed by atoms with Gasteiger partial charge in [0.25, 0.3) is 11.8 Å². The number of amides is 2. The topological polar surface area (TPSA) is 81.9 Å². The molecule has 2 aromatic rings. The Morgan fingerprint density at radius 1 is 1.38 bits per heavy atom. The monoisotopic (exact) mass is 368 g/mol. The molecule has 128 valence electrons. The van der Waals surface area contributed by atoms with Crippen molar-refractivity contribution in [3.8, 4) is 11.5 Å². The number of primary amides is 1. The number of hydrogen-bond donors (Lipinski definition) is 1. The van der Waals surface area contributed by atoms with Crippen LogP contribution in [-0.2, 0) is 11.3 Å². The highest BCUT2D eigenvalue weighted by atomic mass is 35.5. The van der Waals surface area contributed by atoms with E-state index in [-0.39, 0.29) is 29.0 Å². The van der Waals surface area contributed by atoms with Gasteiger partial charge in [-0.2, -0.15) is 11.3 Å². The van der Waals surface area contributed by atoms with Crippen molar-refractivity contribution in [2.24, 2.45) is 5.73 Å². The summed E-state index contributed by atoms with van der Waals surface area (Å²) in [6, 6.07) is 4.96. The van der Waals surface area contributed by atoms with Gasteiger partial charge in [-0.05, 0) is 34.5 Å². The molecule has 0 aliphatic carbocycles. The third-order valence-corrected chi connectivity index (χ3v) is 4.19. The van der Waals surface area contributed by atoms with Crippen LogP contribution in [0, 0.1) is 0 Å². The molecule has 2 N–H and O–H groups in total. The molecular formula is C16H17ClN2O4S. The summed E-state index contributed by atoms with van der Waals surface area (Å²) in [6.07, 6.45) is 0. The number of nitrogens with zero attached hydrogens (tertiary/aromatic N) is 1. The third kappa shape index (κ3) is 4.39. The smallest absolute Gasteiger partial charge is 0.255 e. The second kappa shape index (κ2) is 8.03. The number of thiophene rings is 1. The van der Waals surface area contributed by atoms with E-state index in [0.717, 1.165) is 5.56 Å². The first-order valence-electron chi connectivity index (χ1n) is 6.97. The molecule has 24 heavy (non-hydrogen) atoms. The van der Waals surface area contributed by atoms with Crippen molar-refractivity contribution in [2.45, 2.75) is 6.54 Å². The molecule has 0 saturated heterocycles. The largest absolute Gasteiger partial charge is 0.493 e. The molecule has 8 heteroatoms. The Bertz CT molecular complexity index is 734. The summed E-state index contributed by atoms with van der Waals surface area (Å²) in [4.78, 5) is 25.0. The molecule has 0 atom stereocenters. The molecule has 6 nitrogen and oxygen atoms in total. The van der Waals surface area contributed by atoms with E-state index in [9.17, 15) is 9.59 Å². The summed E-state index contributed by atoms with van der Waals surface area (Å²) in [6.45, 7) is 0.156. The lowest BCUT2D eigenvalue weighted by atomic mass is 10.1. The highest BCUT2D eigenvalue weighted by Crippen LogP contribution is 2.36. The van der Waals surface area contributed by atoms with Crippen molar-refractivity contribution < 1.29 is 19.1 Å². The van der Waals surface area contributed by atoms with Crippen molar-refractivity contribution in [3.63, 3.8) is 0 Å². The van der Waals surface area contributed by atoms with Gasteiger partial charge in [0.2, 0.25) is 0 Å². The van der Waals surface area contributed by atoms with Crippen LogP contribution in [0.4, 0.5) is 0 Å². The highest BCUT2D eigenvalue weighted by molar-refractivity contribution is 7.07. The van der Waals surface area contributed by atoms with Crippen molar-refractivity contribution in [3.05, 3.63) is 45.1 Å². The zero-order valence-electron chi connectivity index (χ0n) is 13.2. The predicted octanol–water partition coefficient (Wildman–Crippen LogP) is 2.55. The summed E-state index contributed by atoms with van der Waals surface area (Å²) in [5.41, 5.74) is 6.47. The molecule has 1 aromatic heterocycles. The van der Waals surface area contributed by atoms with Crippen LogP contribution in [0.25, 0.3) is 0 Å². The number of halogens is 1. The van der Waals surface area contributed by atoms with Gasteiger partial charge in [0.05, 0.1) is 12.1 Å². The van der Waals surface area contributed by atoms with Gasteiger partial charge in [0, 0.05) is 19.2 Å². The number of benzene rings is 1. The highest BCUT2D eigenvalue weighted by Gasteiger charge is 2.19. The van der Waals surface area contributed by atoms with Gasteiger partial charge >= 0.3 is 0 Å². The first-order valence-corrected chi connectivity index (χ1v) is 8.29. The molecule has 0 unspecified atom stereocenters. The molecular weight excluding hydrogens is 352 g/mol. The Hall–Kier alpha value is -2.25. The second-order valence-electron chi connectivity index (χ2n) is 5.04. The molecule has 0 spiro atoms. The van der Waals surface area contributed by atoms with Crippen molar-refractivity contribution >= 4 is 34.8 Å². The standard InChI is InChI=1S/C16H17ClN2O4S/c1-19(7-10-3-4-24-9-10)16(21)11-5-12(17)15(13(6-11)22-2)23-8-14(18)20/h3-6,9H,7-8H2,1-2H3,(H2,18,20). The van der Waals surface area contributed by atoms with E-state index in [1.54, 1.807) is 23.3 Å². The molecule has 0 aliphatic heterocycles. The maximum absolute atomic E-state index is 12.6. The Morgan fingerprint density at radius 2 is 2.12 bits per heavy atom. The molecule has 1 aromatic carbocycles. The summed E-state index contributed by atoms with van der Waals surface area (Å²) in [7, 11) is 3.13. The number of nitrogens with two attached hydrogens (primary N) is 1. The van der Waals surface area contributed by atoms with Crippen LogP contribution >= 0.6 is 22.9 Å². The molecule has 0 fully saturated rings. The summed E-state index contributed by atoms with van der Waals surface area (Å²) in [5, 5.41) is 4.11. The van der Waals surface area contributed by atoms with Crippen LogP contribution < -0.4 is 15.2 Å². The molecule has 0 radical (unpaired) electrons. The van der Waals surface area contributed by atoms with Gasteiger partial charge in [0.15, 0.2) is 18.1 Å². The molecule has 2 amide bonds. The van der Waals surface area contributed by atoms with Crippen LogP contribution in [0.5, 0.6) is 11.5 Å². The van der Waals surface area contributed by atoms with Crippen LogP contribution in [0.1, 0.15) is 15.9 Å². The average Bonchev–Trinajstić information content (AvgIpc) is 3.04. The average molecular weight is 369 g/mol. The summed E-state index contributed by atoms with van der Waals surface area (Å²) >= 11 is 7.74. The van der Waals surface area contributed by atoms with Gasteiger partial charge in [-0.15, -0.1) is 0 Å². The second-order valence-corrected chi connectivity index (χ2v) is 6.22. The van der Waals surface area contributed by atoms with Crippen molar-refractivity contribution in [1.82, 2.24) is 4.90 Å². The van der Waals surface area contributed by atoms with E-state index in [2.05, 4.69) is 0 Å². The van der Waals surface area contributed by atoms with Crippen LogP contribution in [0.2, 0.25) is 5.02 Å². The molecule has 0 aliphatic rings. The van der Waals surface area contributed by atoms with E-state index in [1.807, 2.05) is 16.8 Å². The normalized spacial score (nSPS) is 10.3. The number of ether oxygens (including phenoxy) is 2. The van der Waals surface area contributed by atoms with Gasteiger partial charge < -0.3 is 20.1 Å². The fraction of sp³-hybridized carbons (Fsp3) is 0.250. The van der Waals surface area contributed by atoms with Crippen LogP contribution in [0.3, 0.4) is 0 Å². The summed E-state index contributed by atoms with van der Waals surface area (Å²) < 4.78 is 10.4. The quantitative estimate of drug-likeness (QED) is 0.814. The lowest BCUT2D eigenvalue weighted by molar-refractivity contribution is -0.119. The Morgan fingerprint density at radius 3 is 2.71 bits per heavy atom. The lowest BCUT2D eigenvalue weighted by Crippen LogP contribution is -2.26. The SMILES string of the molecule is COc1cc(C(=O)N(C)Cc2ccsc2)cc(Cl)c1OCC(N)=O. The zero-order valence-corrected chi connectivity index (χ0v) is 14.8. The van der Waals surface area contributed by atoms with Crippen molar-refractivity contribution in [1.29, 1.82) is 0 Å². The number of methoxy groups -OCH3 is 1. The molecule has 2 rings (SSSR count). The minimum Gasteiger partial charge on any atom is -0.493 e. The fourth-order valence-electron chi connectivity index (χ4n) is 2.08. The van der Waals surface area contributed by atoms with E-state index in [1.165, 1.54) is 19.2 Å². The minimum absolute atomic E-state index is 0.169. The minimum atomic E-state index is -0.635. The van der Waals surface area contributed by atoms with E-state index < -0.39 is 5.91 Å². The maximum atomic E-state index is 12.6. The number of hydrogen-bond acceptors (Lipinski definition) is 5. The van der Waals surface area contributed by atoms with E-state index >= 15 is 0 Å². The fourth-order valence-corrected chi connectivity index (χ4v) is 3.00. The lowest BCUT2D eigenvalue weighted by Gasteiger charge is -2.18. The van der Waals surface area contributed by atoms with Gasteiger partial charge in [-0.25, -0.2) is 0 Å². The number of rotatable bonds is 7. The van der Waals surface area contributed by atoms with Gasteiger partial charge in [-0.3, -0.25) is 9.59 Å². The van der Waals surface area contributed by atoms with E-state index in [4.69, 9.17) is 26.8 Å². The van der Waals surface area contributed by atoms with Crippen LogP contribution in [0.15, 0.2) is 29.0 Å². The van der Waals surface area contributed by atoms with E-state index in [0.29, 0.717) is 12.1 Å². The predicted molar refractivity (Wildman–Crippen MR) is 92.8 cm³/mol. The van der Waals surface area contributed by atoms with Gasteiger partial charge in [0.1, 0.15) is 0 Å². The summed E-state index contributed by atoms with van der Waals surface area (Å²) in [5.74, 6) is -0.405. The zero-order chi connectivity index (χ0) is 17.7. The Balaban J connectivity index is 2.22. The first kappa shape index (κ1) is 18.1. The Kier molecular flexibility index (Phi) is 6.05. The molecule has 0 bridgehead atoms. The molecule has 1 heterocycles. The van der Waals surface area contributed by atoms with Crippen molar-refractivity contribution in [2.75, 3.05) is 20.8 Å². The number of carbonyl (C=O) groups is 2. The van der Waals surface area contributed by atoms with Gasteiger partial charge in [-0.1, -0.05) is 11.6 Å². The number of carbonyl (C=O) groups excluding carboxylic acids is 2. The van der Waals surface area contributed by atoms with Crippen LogP contribution in [-0.4, -0.2) is 37.5 Å². The molecule has 0 saturated carbocycles. The Labute approximate surface area is 148 Å². The third-order valence-electron chi connectivity index (χ3n) is 3.18. The first-order chi connectivity index (χ1) is 11.4.